The summed E-state index contributed by atoms with van der Waals surface area (Å²) in [6.07, 6.45) is 0.899. The SMILES string of the molecule is CCC(N)C(C)c1nc(N2CCOCC2)no1. The zero-order valence-corrected chi connectivity index (χ0v) is 10.4. The first-order valence-corrected chi connectivity index (χ1v) is 6.14. The van der Waals surface area contributed by atoms with Crippen LogP contribution in [0.15, 0.2) is 4.52 Å². The van der Waals surface area contributed by atoms with Crippen LogP contribution in [0.3, 0.4) is 0 Å². The van der Waals surface area contributed by atoms with Gasteiger partial charge in [-0.1, -0.05) is 13.8 Å². The fourth-order valence-corrected chi connectivity index (χ4v) is 1.84. The van der Waals surface area contributed by atoms with E-state index < -0.39 is 0 Å². The minimum atomic E-state index is 0.0630. The van der Waals surface area contributed by atoms with E-state index in [0.717, 1.165) is 19.5 Å². The Kier molecular flexibility index (Phi) is 3.96. The van der Waals surface area contributed by atoms with Crippen LogP contribution in [0.4, 0.5) is 5.95 Å². The highest BCUT2D eigenvalue weighted by Crippen LogP contribution is 2.20. The third kappa shape index (κ3) is 2.76. The predicted octanol–water partition coefficient (Wildman–Crippen LogP) is 0.747. The van der Waals surface area contributed by atoms with E-state index in [4.69, 9.17) is 15.0 Å². The summed E-state index contributed by atoms with van der Waals surface area (Å²) < 4.78 is 10.6. The Bertz CT molecular complexity index is 332. The number of morpholine rings is 1. The van der Waals surface area contributed by atoms with E-state index in [1.54, 1.807) is 0 Å². The summed E-state index contributed by atoms with van der Waals surface area (Å²) in [7, 11) is 0. The highest BCUT2D eigenvalue weighted by atomic mass is 16.5. The quantitative estimate of drug-likeness (QED) is 0.836. The molecule has 2 N–H and O–H groups in total. The van der Waals surface area contributed by atoms with Gasteiger partial charge in [-0.2, -0.15) is 4.98 Å². The Balaban J connectivity index is 2.04. The number of nitrogens with zero attached hydrogens (tertiary/aromatic N) is 3. The Morgan fingerprint density at radius 2 is 2.12 bits per heavy atom. The molecular formula is C11H20N4O2. The van der Waals surface area contributed by atoms with E-state index in [9.17, 15) is 0 Å². The number of hydrogen-bond donors (Lipinski definition) is 1. The molecule has 2 unspecified atom stereocenters. The molecule has 2 heterocycles. The normalized spacial score (nSPS) is 20.3. The molecule has 1 aromatic heterocycles. The lowest BCUT2D eigenvalue weighted by molar-refractivity contribution is 0.121. The topological polar surface area (TPSA) is 77.4 Å². The van der Waals surface area contributed by atoms with E-state index in [1.807, 2.05) is 6.92 Å². The molecule has 1 aliphatic heterocycles. The molecule has 96 valence electrons. The Hall–Kier alpha value is -1.14. The van der Waals surface area contributed by atoms with Gasteiger partial charge >= 0.3 is 0 Å². The summed E-state index contributed by atoms with van der Waals surface area (Å²) in [6, 6.07) is 0.0630. The van der Waals surface area contributed by atoms with Gasteiger partial charge in [-0.3, -0.25) is 0 Å². The van der Waals surface area contributed by atoms with Gasteiger partial charge in [0.05, 0.1) is 19.1 Å². The van der Waals surface area contributed by atoms with E-state index in [1.165, 1.54) is 0 Å². The van der Waals surface area contributed by atoms with Crippen LogP contribution in [0.25, 0.3) is 0 Å². The van der Waals surface area contributed by atoms with Crippen molar-refractivity contribution in [2.45, 2.75) is 32.2 Å². The van der Waals surface area contributed by atoms with E-state index in [2.05, 4.69) is 22.0 Å². The average Bonchev–Trinajstić information content (AvgIpc) is 2.87. The summed E-state index contributed by atoms with van der Waals surface area (Å²) in [5, 5.41) is 4.01. The van der Waals surface area contributed by atoms with Gasteiger partial charge in [-0.25, -0.2) is 0 Å². The second-order valence-corrected chi connectivity index (χ2v) is 4.39. The number of anilines is 1. The van der Waals surface area contributed by atoms with Crippen LogP contribution in [-0.4, -0.2) is 42.5 Å². The molecule has 1 aromatic rings. The van der Waals surface area contributed by atoms with Crippen molar-refractivity contribution in [3.05, 3.63) is 5.89 Å². The lowest BCUT2D eigenvalue weighted by Gasteiger charge is -2.24. The van der Waals surface area contributed by atoms with Crippen molar-refractivity contribution < 1.29 is 9.26 Å². The molecule has 2 atom stereocenters. The molecule has 0 aliphatic carbocycles. The molecule has 6 heteroatoms. The van der Waals surface area contributed by atoms with Crippen molar-refractivity contribution in [3.8, 4) is 0 Å². The van der Waals surface area contributed by atoms with Gasteiger partial charge in [0.15, 0.2) is 0 Å². The van der Waals surface area contributed by atoms with Crippen molar-refractivity contribution in [1.29, 1.82) is 0 Å². The molecule has 0 aromatic carbocycles. The van der Waals surface area contributed by atoms with Gasteiger partial charge in [0, 0.05) is 19.1 Å². The molecule has 17 heavy (non-hydrogen) atoms. The molecule has 0 amide bonds. The molecule has 1 saturated heterocycles. The first-order valence-electron chi connectivity index (χ1n) is 6.14. The fourth-order valence-electron chi connectivity index (χ4n) is 1.84. The van der Waals surface area contributed by atoms with Crippen LogP contribution in [0.1, 0.15) is 32.1 Å². The molecular weight excluding hydrogens is 220 g/mol. The standard InChI is InChI=1S/C11H20N4O2/c1-3-9(12)8(2)10-13-11(14-17-10)15-4-6-16-7-5-15/h8-9H,3-7,12H2,1-2H3. The smallest absolute Gasteiger partial charge is 0.266 e. The van der Waals surface area contributed by atoms with Crippen LogP contribution in [0, 0.1) is 0 Å². The largest absolute Gasteiger partial charge is 0.378 e. The van der Waals surface area contributed by atoms with Crippen molar-refractivity contribution in [2.75, 3.05) is 31.2 Å². The second-order valence-electron chi connectivity index (χ2n) is 4.39. The van der Waals surface area contributed by atoms with E-state index >= 15 is 0 Å². The zero-order chi connectivity index (χ0) is 12.3. The van der Waals surface area contributed by atoms with Crippen LogP contribution in [-0.2, 0) is 4.74 Å². The Morgan fingerprint density at radius 1 is 1.41 bits per heavy atom. The number of aromatic nitrogens is 2. The summed E-state index contributed by atoms with van der Waals surface area (Å²) in [5.74, 6) is 1.38. The Morgan fingerprint density at radius 3 is 2.76 bits per heavy atom. The van der Waals surface area contributed by atoms with Crippen LogP contribution in [0.5, 0.6) is 0 Å². The zero-order valence-electron chi connectivity index (χ0n) is 10.4. The first-order chi connectivity index (χ1) is 8.22. The molecule has 0 spiro atoms. The maximum absolute atomic E-state index is 5.97. The van der Waals surface area contributed by atoms with Gasteiger partial charge in [0.25, 0.3) is 5.95 Å². The maximum Gasteiger partial charge on any atom is 0.266 e. The minimum absolute atomic E-state index is 0.0630. The summed E-state index contributed by atoms with van der Waals surface area (Å²) in [4.78, 5) is 6.49. The Labute approximate surface area is 101 Å². The molecule has 1 fully saturated rings. The minimum Gasteiger partial charge on any atom is -0.378 e. The van der Waals surface area contributed by atoms with Gasteiger partial charge in [-0.15, -0.1) is 0 Å². The summed E-state index contributed by atoms with van der Waals surface area (Å²) in [5.41, 5.74) is 5.97. The maximum atomic E-state index is 5.97. The van der Waals surface area contributed by atoms with Crippen molar-refractivity contribution in [1.82, 2.24) is 10.1 Å². The van der Waals surface area contributed by atoms with Gasteiger partial charge in [-0.05, 0) is 11.6 Å². The van der Waals surface area contributed by atoms with E-state index in [0.29, 0.717) is 25.1 Å². The molecule has 0 saturated carbocycles. The van der Waals surface area contributed by atoms with Gasteiger partial charge in [0.1, 0.15) is 0 Å². The van der Waals surface area contributed by atoms with Crippen LogP contribution in [0.2, 0.25) is 0 Å². The van der Waals surface area contributed by atoms with Crippen molar-refractivity contribution in [3.63, 3.8) is 0 Å². The fraction of sp³-hybridized carbons (Fsp3) is 0.818. The summed E-state index contributed by atoms with van der Waals surface area (Å²) in [6.45, 7) is 7.13. The van der Waals surface area contributed by atoms with Gasteiger partial charge < -0.3 is 19.9 Å². The third-order valence-electron chi connectivity index (χ3n) is 3.23. The monoisotopic (exact) mass is 240 g/mol. The highest BCUT2D eigenvalue weighted by Gasteiger charge is 2.22. The summed E-state index contributed by atoms with van der Waals surface area (Å²) >= 11 is 0. The van der Waals surface area contributed by atoms with Crippen LogP contribution >= 0.6 is 0 Å². The molecule has 2 rings (SSSR count). The third-order valence-corrected chi connectivity index (χ3v) is 3.23. The average molecular weight is 240 g/mol. The van der Waals surface area contributed by atoms with E-state index in [-0.39, 0.29) is 12.0 Å². The molecule has 1 aliphatic rings. The molecule has 0 bridgehead atoms. The predicted molar refractivity (Wildman–Crippen MR) is 64.0 cm³/mol. The molecule has 0 radical (unpaired) electrons. The highest BCUT2D eigenvalue weighted by molar-refractivity contribution is 5.28. The molecule has 6 nitrogen and oxygen atoms in total. The first kappa shape index (κ1) is 12.3. The lowest BCUT2D eigenvalue weighted by Crippen LogP contribution is -2.37. The number of ether oxygens (including phenoxy) is 1. The number of nitrogens with two attached hydrogens (primary N) is 1. The van der Waals surface area contributed by atoms with Gasteiger partial charge in [0.2, 0.25) is 5.89 Å². The lowest BCUT2D eigenvalue weighted by atomic mass is 10.0. The van der Waals surface area contributed by atoms with Crippen molar-refractivity contribution in [2.24, 2.45) is 5.73 Å². The number of rotatable bonds is 4. The second kappa shape index (κ2) is 5.46. The van der Waals surface area contributed by atoms with Crippen LogP contribution < -0.4 is 10.6 Å². The number of hydrogen-bond acceptors (Lipinski definition) is 6. The van der Waals surface area contributed by atoms with Crippen molar-refractivity contribution >= 4 is 5.95 Å².